The molecule has 4 aromatic rings. The molecule has 132 valence electrons. The molecule has 4 rings (SSSR count). The largest absolute Gasteiger partial charge is 0.454 e. The van der Waals surface area contributed by atoms with Gasteiger partial charge in [-0.3, -0.25) is 13.8 Å². The number of carbonyl (C=O) groups excluding carboxylic acids is 1. The van der Waals surface area contributed by atoms with Crippen LogP contribution in [0.4, 0.5) is 0 Å². The van der Waals surface area contributed by atoms with E-state index in [9.17, 15) is 9.59 Å². The second-order valence-electron chi connectivity index (χ2n) is 6.07. The van der Waals surface area contributed by atoms with E-state index in [4.69, 9.17) is 4.74 Å². The van der Waals surface area contributed by atoms with Crippen LogP contribution in [0.15, 0.2) is 34.4 Å². The zero-order valence-corrected chi connectivity index (χ0v) is 15.3. The summed E-state index contributed by atoms with van der Waals surface area (Å²) in [5.41, 5.74) is 3.06. The van der Waals surface area contributed by atoms with Crippen molar-refractivity contribution in [3.05, 3.63) is 62.5 Å². The van der Waals surface area contributed by atoms with Crippen molar-refractivity contribution in [1.29, 1.82) is 0 Å². The van der Waals surface area contributed by atoms with Crippen molar-refractivity contribution < 1.29 is 9.53 Å². The molecule has 3 heterocycles. The van der Waals surface area contributed by atoms with E-state index < -0.39 is 5.97 Å². The number of hydrogen-bond donors (Lipinski definition) is 0. The van der Waals surface area contributed by atoms with Gasteiger partial charge in [-0.05, 0) is 42.5 Å². The van der Waals surface area contributed by atoms with Crippen molar-refractivity contribution in [2.75, 3.05) is 0 Å². The van der Waals surface area contributed by atoms with E-state index in [1.807, 2.05) is 37.4 Å². The Kier molecular flexibility index (Phi) is 3.84. The van der Waals surface area contributed by atoms with Crippen molar-refractivity contribution in [2.24, 2.45) is 7.05 Å². The molecule has 0 aliphatic carbocycles. The second-order valence-corrected chi connectivity index (χ2v) is 6.99. The summed E-state index contributed by atoms with van der Waals surface area (Å²) < 4.78 is 9.28. The highest BCUT2D eigenvalue weighted by atomic mass is 32.1. The molecule has 0 radical (unpaired) electrons. The van der Waals surface area contributed by atoms with Crippen molar-refractivity contribution in [3.63, 3.8) is 0 Å². The lowest BCUT2D eigenvalue weighted by Gasteiger charge is -2.09. The molecule has 0 aliphatic heterocycles. The summed E-state index contributed by atoms with van der Waals surface area (Å²) in [5.74, 6) is 0.477. The van der Waals surface area contributed by atoms with Gasteiger partial charge in [0.15, 0.2) is 12.4 Å². The van der Waals surface area contributed by atoms with E-state index in [1.165, 1.54) is 15.9 Å². The summed E-state index contributed by atoms with van der Waals surface area (Å²) in [6.45, 7) is 3.81. The van der Waals surface area contributed by atoms with Crippen molar-refractivity contribution in [1.82, 2.24) is 19.2 Å². The van der Waals surface area contributed by atoms with Gasteiger partial charge in [0.25, 0.3) is 5.56 Å². The van der Waals surface area contributed by atoms with E-state index in [2.05, 4.69) is 10.2 Å². The lowest BCUT2D eigenvalue weighted by atomic mass is 10.0. The minimum absolute atomic E-state index is 0.0312. The molecular formula is C18H16N4O3S. The Labute approximate surface area is 152 Å². The quantitative estimate of drug-likeness (QED) is 0.520. The maximum absolute atomic E-state index is 12.5. The molecular weight excluding hydrogens is 352 g/mol. The van der Waals surface area contributed by atoms with Gasteiger partial charge in [-0.25, -0.2) is 4.79 Å². The van der Waals surface area contributed by atoms with E-state index in [0.29, 0.717) is 21.9 Å². The minimum atomic E-state index is -0.408. The predicted molar refractivity (Wildman–Crippen MR) is 98.6 cm³/mol. The molecule has 0 saturated carbocycles. The van der Waals surface area contributed by atoms with Gasteiger partial charge in [-0.1, -0.05) is 12.1 Å². The van der Waals surface area contributed by atoms with E-state index in [-0.39, 0.29) is 12.2 Å². The molecule has 0 aliphatic rings. The molecule has 7 nitrogen and oxygen atoms in total. The zero-order valence-electron chi connectivity index (χ0n) is 14.5. The molecule has 1 aromatic carbocycles. The van der Waals surface area contributed by atoms with Gasteiger partial charge in [0.2, 0.25) is 5.78 Å². The highest BCUT2D eigenvalue weighted by Crippen LogP contribution is 2.20. The lowest BCUT2D eigenvalue weighted by Crippen LogP contribution is -2.19. The fourth-order valence-corrected chi connectivity index (χ4v) is 3.78. The molecule has 8 heteroatoms. The Morgan fingerprint density at radius 1 is 1.23 bits per heavy atom. The number of aryl methyl sites for hydroxylation is 2. The van der Waals surface area contributed by atoms with Crippen LogP contribution in [0.25, 0.3) is 16.0 Å². The summed E-state index contributed by atoms with van der Waals surface area (Å²) in [6.07, 6.45) is 0. The zero-order chi connectivity index (χ0) is 18.4. The number of nitrogens with zero attached hydrogens (tertiary/aromatic N) is 4. The molecule has 0 atom stereocenters. The summed E-state index contributed by atoms with van der Waals surface area (Å²) in [7, 11) is 1.65. The first-order valence-electron chi connectivity index (χ1n) is 8.02. The Balaban J connectivity index is 1.71. The van der Waals surface area contributed by atoms with Crippen LogP contribution in [-0.4, -0.2) is 25.1 Å². The van der Waals surface area contributed by atoms with E-state index in [0.717, 1.165) is 16.6 Å². The summed E-state index contributed by atoms with van der Waals surface area (Å²) in [5, 5.41) is 10.0. The molecule has 0 spiro atoms. The van der Waals surface area contributed by atoms with Crippen molar-refractivity contribution in [2.45, 2.75) is 20.5 Å². The molecule has 0 amide bonds. The number of thiophene rings is 1. The average Bonchev–Trinajstić information content (AvgIpc) is 3.26. The molecule has 0 bridgehead atoms. The van der Waals surface area contributed by atoms with Gasteiger partial charge in [0.05, 0.1) is 11.1 Å². The normalized spacial score (nSPS) is 11.3. The van der Waals surface area contributed by atoms with Crippen LogP contribution in [0.1, 0.15) is 27.3 Å². The Hall–Kier alpha value is -3.00. The molecule has 0 unspecified atom stereocenters. The maximum Gasteiger partial charge on any atom is 0.338 e. The van der Waals surface area contributed by atoms with Crippen LogP contribution < -0.4 is 5.56 Å². The monoisotopic (exact) mass is 368 g/mol. The fraction of sp³-hybridized carbons (Fsp3) is 0.222. The number of esters is 1. The summed E-state index contributed by atoms with van der Waals surface area (Å²) in [4.78, 5) is 24.8. The first-order chi connectivity index (χ1) is 12.5. The SMILES string of the molecule is Cc1cccc(C(=O)OCc2nnc3n(C)c(=O)c4sccc4n23)c1C. The van der Waals surface area contributed by atoms with Crippen molar-refractivity contribution in [3.8, 4) is 0 Å². The van der Waals surface area contributed by atoms with Crippen LogP contribution >= 0.6 is 11.3 Å². The summed E-state index contributed by atoms with van der Waals surface area (Å²) in [6, 6.07) is 7.36. The molecule has 0 saturated heterocycles. The first kappa shape index (κ1) is 16.5. The Morgan fingerprint density at radius 2 is 2.04 bits per heavy atom. The third-order valence-electron chi connectivity index (χ3n) is 4.55. The molecule has 0 fully saturated rings. The Bertz CT molecular complexity index is 1220. The number of carbonyl (C=O) groups is 1. The number of benzene rings is 1. The number of hydrogen-bond acceptors (Lipinski definition) is 6. The van der Waals surface area contributed by atoms with Gasteiger partial charge in [0.1, 0.15) is 4.70 Å². The molecule has 26 heavy (non-hydrogen) atoms. The highest BCUT2D eigenvalue weighted by Gasteiger charge is 2.18. The maximum atomic E-state index is 12.5. The van der Waals surface area contributed by atoms with Crippen LogP contribution in [0.2, 0.25) is 0 Å². The fourth-order valence-electron chi connectivity index (χ4n) is 2.93. The topological polar surface area (TPSA) is 78.5 Å². The van der Waals surface area contributed by atoms with Gasteiger partial charge >= 0.3 is 5.97 Å². The first-order valence-corrected chi connectivity index (χ1v) is 8.90. The average molecular weight is 368 g/mol. The van der Waals surface area contributed by atoms with Crippen LogP contribution in [0.3, 0.4) is 0 Å². The van der Waals surface area contributed by atoms with Crippen LogP contribution in [-0.2, 0) is 18.4 Å². The van der Waals surface area contributed by atoms with Crippen LogP contribution in [0, 0.1) is 13.8 Å². The van der Waals surface area contributed by atoms with Crippen molar-refractivity contribution >= 4 is 33.3 Å². The van der Waals surface area contributed by atoms with E-state index in [1.54, 1.807) is 17.5 Å². The second kappa shape index (κ2) is 6.06. The third-order valence-corrected chi connectivity index (χ3v) is 5.45. The third kappa shape index (κ3) is 2.41. The standard InChI is InChI=1S/C18H16N4O3S/c1-10-5-4-6-12(11(10)2)17(24)25-9-14-19-20-18-21(3)16(23)15-13(22(14)18)7-8-26-15/h4-8H,9H2,1-3H3. The number of aromatic nitrogens is 4. The van der Waals surface area contributed by atoms with Crippen LogP contribution in [0.5, 0.6) is 0 Å². The summed E-state index contributed by atoms with van der Waals surface area (Å²) >= 11 is 1.36. The number of rotatable bonds is 3. The van der Waals surface area contributed by atoms with Gasteiger partial charge in [-0.15, -0.1) is 21.5 Å². The molecule has 0 N–H and O–H groups in total. The number of fused-ring (bicyclic) bond motifs is 3. The Morgan fingerprint density at radius 3 is 2.85 bits per heavy atom. The highest BCUT2D eigenvalue weighted by molar-refractivity contribution is 7.17. The lowest BCUT2D eigenvalue weighted by molar-refractivity contribution is 0.0460. The van der Waals surface area contributed by atoms with E-state index >= 15 is 0 Å². The van der Waals surface area contributed by atoms with Gasteiger partial charge in [0, 0.05) is 7.05 Å². The smallest absolute Gasteiger partial charge is 0.338 e. The van der Waals surface area contributed by atoms with Gasteiger partial charge in [-0.2, -0.15) is 0 Å². The molecule has 3 aromatic heterocycles. The minimum Gasteiger partial charge on any atom is -0.454 e. The predicted octanol–water partition coefficient (Wildman–Crippen LogP) is 2.62. The van der Waals surface area contributed by atoms with Gasteiger partial charge < -0.3 is 4.74 Å². The number of ether oxygens (including phenoxy) is 1.